The Hall–Kier alpha value is -2.83. The van der Waals surface area contributed by atoms with Crippen molar-refractivity contribution in [3.63, 3.8) is 0 Å². The van der Waals surface area contributed by atoms with Crippen molar-refractivity contribution in [2.24, 2.45) is 0 Å². The van der Waals surface area contributed by atoms with Crippen LogP contribution >= 0.6 is 0 Å². The third-order valence-electron chi connectivity index (χ3n) is 3.55. The van der Waals surface area contributed by atoms with Gasteiger partial charge in [0.25, 0.3) is 0 Å². The zero-order valence-corrected chi connectivity index (χ0v) is 13.5. The van der Waals surface area contributed by atoms with Gasteiger partial charge in [-0.3, -0.25) is 9.59 Å². The van der Waals surface area contributed by atoms with Gasteiger partial charge in [0.1, 0.15) is 0 Å². The van der Waals surface area contributed by atoms with Crippen molar-refractivity contribution in [1.82, 2.24) is 5.32 Å². The second-order valence-electron chi connectivity index (χ2n) is 5.50. The predicted octanol–water partition coefficient (Wildman–Crippen LogP) is 3.31. The van der Waals surface area contributed by atoms with Crippen molar-refractivity contribution in [1.29, 1.82) is 0 Å². The smallest absolute Gasteiger partial charge is 0.347 e. The molecule has 0 heterocycles. The molecule has 2 amide bonds. The largest absolute Gasteiger partial charge is 0.416 e. The molecule has 0 bridgehead atoms. The molecular weight excluding hydrogens is 333 g/mol. The van der Waals surface area contributed by atoms with Crippen molar-refractivity contribution in [3.8, 4) is 0 Å². The normalized spacial score (nSPS) is 11.0. The number of amides is 2. The molecule has 0 aliphatic heterocycles. The topological polar surface area (TPSA) is 58.2 Å². The van der Waals surface area contributed by atoms with Crippen LogP contribution in [0.5, 0.6) is 0 Å². The molecule has 4 nitrogen and oxygen atoms in total. The van der Waals surface area contributed by atoms with Crippen molar-refractivity contribution in [2.45, 2.75) is 19.5 Å². The van der Waals surface area contributed by atoms with E-state index in [4.69, 9.17) is 0 Å². The van der Waals surface area contributed by atoms with Gasteiger partial charge in [-0.05, 0) is 42.3 Å². The molecule has 2 rings (SSSR count). The summed E-state index contributed by atoms with van der Waals surface area (Å²) in [6.07, 6.45) is -4.27. The number of hydrogen-bond acceptors (Lipinski definition) is 2. The van der Waals surface area contributed by atoms with Crippen LogP contribution in [0.4, 0.5) is 18.9 Å². The molecule has 2 aromatic rings. The summed E-state index contributed by atoms with van der Waals surface area (Å²) in [6, 6.07) is 11.5. The number of rotatable bonds is 5. The fourth-order valence-electron chi connectivity index (χ4n) is 2.17. The monoisotopic (exact) mass is 350 g/mol. The third kappa shape index (κ3) is 5.63. The van der Waals surface area contributed by atoms with E-state index < -0.39 is 17.6 Å². The quantitative estimate of drug-likeness (QED) is 0.869. The number of nitrogens with one attached hydrogen (secondary N) is 2. The first kappa shape index (κ1) is 18.5. The molecule has 0 fully saturated rings. The van der Waals surface area contributed by atoms with E-state index in [1.54, 1.807) is 0 Å². The lowest BCUT2D eigenvalue weighted by Crippen LogP contribution is -2.33. The van der Waals surface area contributed by atoms with Crippen molar-refractivity contribution < 1.29 is 22.8 Å². The first-order valence-corrected chi connectivity index (χ1v) is 7.54. The summed E-state index contributed by atoms with van der Waals surface area (Å²) in [7, 11) is 0. The van der Waals surface area contributed by atoms with Gasteiger partial charge >= 0.3 is 6.18 Å². The molecule has 0 spiro atoms. The molecule has 0 saturated heterocycles. The van der Waals surface area contributed by atoms with Crippen LogP contribution in [0.1, 0.15) is 16.7 Å². The van der Waals surface area contributed by atoms with E-state index in [-0.39, 0.29) is 24.6 Å². The Balaban J connectivity index is 1.82. The van der Waals surface area contributed by atoms with Gasteiger partial charge in [-0.15, -0.1) is 0 Å². The molecule has 132 valence electrons. The highest BCUT2D eigenvalue weighted by atomic mass is 19.4. The maximum Gasteiger partial charge on any atom is 0.416 e. The minimum Gasteiger partial charge on any atom is -0.347 e. The van der Waals surface area contributed by atoms with Gasteiger partial charge in [0, 0.05) is 5.69 Å². The Morgan fingerprint density at radius 1 is 0.960 bits per heavy atom. The average Bonchev–Trinajstić information content (AvgIpc) is 2.55. The van der Waals surface area contributed by atoms with Gasteiger partial charge in [-0.2, -0.15) is 13.2 Å². The Labute approximate surface area is 143 Å². The van der Waals surface area contributed by atoms with E-state index in [1.165, 1.54) is 0 Å². The minimum atomic E-state index is -4.42. The van der Waals surface area contributed by atoms with Crippen LogP contribution in [-0.4, -0.2) is 18.4 Å². The van der Waals surface area contributed by atoms with Crippen molar-refractivity contribution in [2.75, 3.05) is 11.9 Å². The van der Waals surface area contributed by atoms with Crippen LogP contribution in [0, 0.1) is 6.92 Å². The number of carbonyl (C=O) groups is 2. The van der Waals surface area contributed by atoms with Gasteiger partial charge in [0.05, 0.1) is 18.5 Å². The van der Waals surface area contributed by atoms with Crippen molar-refractivity contribution in [3.05, 3.63) is 65.2 Å². The highest BCUT2D eigenvalue weighted by molar-refractivity contribution is 5.94. The molecule has 0 atom stereocenters. The summed E-state index contributed by atoms with van der Waals surface area (Å²) >= 11 is 0. The Morgan fingerprint density at radius 3 is 2.20 bits per heavy atom. The number of halogens is 3. The minimum absolute atomic E-state index is 0.153. The second kappa shape index (κ2) is 7.83. The van der Waals surface area contributed by atoms with E-state index >= 15 is 0 Å². The van der Waals surface area contributed by atoms with Gasteiger partial charge in [-0.1, -0.05) is 24.3 Å². The number of carbonyl (C=O) groups excluding carboxylic acids is 2. The van der Waals surface area contributed by atoms with E-state index in [2.05, 4.69) is 10.6 Å². The molecule has 0 radical (unpaired) electrons. The summed E-state index contributed by atoms with van der Waals surface area (Å²) < 4.78 is 37.4. The van der Waals surface area contributed by atoms with Gasteiger partial charge in [0.2, 0.25) is 11.8 Å². The van der Waals surface area contributed by atoms with Crippen LogP contribution in [0.15, 0.2) is 48.5 Å². The number of aryl methyl sites for hydroxylation is 1. The molecule has 0 aromatic heterocycles. The van der Waals surface area contributed by atoms with E-state index in [0.29, 0.717) is 0 Å². The molecule has 0 unspecified atom stereocenters. The zero-order chi connectivity index (χ0) is 18.4. The predicted molar refractivity (Wildman–Crippen MR) is 88.0 cm³/mol. The van der Waals surface area contributed by atoms with E-state index in [1.807, 2.05) is 31.2 Å². The summed E-state index contributed by atoms with van der Waals surface area (Å²) in [6.45, 7) is 1.63. The van der Waals surface area contributed by atoms with Gasteiger partial charge < -0.3 is 10.6 Å². The number of anilines is 1. The van der Waals surface area contributed by atoms with Crippen LogP contribution in [0.3, 0.4) is 0 Å². The first-order valence-electron chi connectivity index (χ1n) is 7.54. The van der Waals surface area contributed by atoms with E-state index in [9.17, 15) is 22.8 Å². The Morgan fingerprint density at radius 2 is 1.60 bits per heavy atom. The molecular formula is C18H17F3N2O2. The highest BCUT2D eigenvalue weighted by Crippen LogP contribution is 2.29. The molecule has 25 heavy (non-hydrogen) atoms. The SMILES string of the molecule is Cc1ccccc1CC(=O)NCC(=O)Nc1ccc(C(F)(F)F)cc1. The fourth-order valence-corrected chi connectivity index (χ4v) is 2.17. The molecule has 0 aliphatic rings. The van der Waals surface area contributed by atoms with Gasteiger partial charge in [0.15, 0.2) is 0 Å². The van der Waals surface area contributed by atoms with Crippen LogP contribution in [0.25, 0.3) is 0 Å². The molecule has 7 heteroatoms. The average molecular weight is 350 g/mol. The Bertz CT molecular complexity index is 756. The maximum absolute atomic E-state index is 12.5. The molecule has 2 N–H and O–H groups in total. The molecule has 0 aliphatic carbocycles. The zero-order valence-electron chi connectivity index (χ0n) is 13.5. The van der Waals surface area contributed by atoms with Crippen LogP contribution in [0.2, 0.25) is 0 Å². The summed E-state index contributed by atoms with van der Waals surface area (Å²) in [5, 5.41) is 4.91. The standard InChI is InChI=1S/C18H17F3N2O2/c1-12-4-2-3-5-13(12)10-16(24)22-11-17(25)23-15-8-6-14(7-9-15)18(19,20)21/h2-9H,10-11H2,1H3,(H,22,24)(H,23,25). The summed E-state index contributed by atoms with van der Waals surface area (Å²) in [5.41, 5.74) is 1.28. The second-order valence-corrected chi connectivity index (χ2v) is 5.50. The lowest BCUT2D eigenvalue weighted by atomic mass is 10.1. The lowest BCUT2D eigenvalue weighted by molar-refractivity contribution is -0.137. The van der Waals surface area contributed by atoms with E-state index in [0.717, 1.165) is 35.4 Å². The summed E-state index contributed by atoms with van der Waals surface area (Å²) in [4.78, 5) is 23.6. The van der Waals surface area contributed by atoms with Crippen molar-refractivity contribution >= 4 is 17.5 Å². The molecule has 0 saturated carbocycles. The fraction of sp³-hybridized carbons (Fsp3) is 0.222. The number of alkyl halides is 3. The number of hydrogen-bond donors (Lipinski definition) is 2. The Kier molecular flexibility index (Phi) is 5.80. The van der Waals surface area contributed by atoms with Gasteiger partial charge in [-0.25, -0.2) is 0 Å². The lowest BCUT2D eigenvalue weighted by Gasteiger charge is -2.10. The molecule has 2 aromatic carbocycles. The third-order valence-corrected chi connectivity index (χ3v) is 3.55. The maximum atomic E-state index is 12.5. The van der Waals surface area contributed by atoms with Crippen LogP contribution in [-0.2, 0) is 22.2 Å². The number of benzene rings is 2. The summed E-state index contributed by atoms with van der Waals surface area (Å²) in [5.74, 6) is -0.824. The highest BCUT2D eigenvalue weighted by Gasteiger charge is 2.29. The first-order chi connectivity index (χ1) is 11.8. The van der Waals surface area contributed by atoms with Crippen LogP contribution < -0.4 is 10.6 Å².